The van der Waals surface area contributed by atoms with Crippen LogP contribution in [0.5, 0.6) is 0 Å². The van der Waals surface area contributed by atoms with Crippen molar-refractivity contribution in [2.24, 2.45) is 0 Å². The van der Waals surface area contributed by atoms with Crippen molar-refractivity contribution in [3.05, 3.63) is 35.9 Å². The summed E-state index contributed by atoms with van der Waals surface area (Å²) < 4.78 is 26.6. The van der Waals surface area contributed by atoms with Crippen molar-refractivity contribution in [3.63, 3.8) is 0 Å². The zero-order valence-corrected chi connectivity index (χ0v) is 16.3. The number of piperazine rings is 1. The van der Waals surface area contributed by atoms with Gasteiger partial charge in [0.25, 0.3) is 0 Å². The van der Waals surface area contributed by atoms with Gasteiger partial charge in [-0.1, -0.05) is 43.7 Å². The summed E-state index contributed by atoms with van der Waals surface area (Å²) in [6, 6.07) is 9.83. The smallest absolute Gasteiger partial charge is 0.240 e. The van der Waals surface area contributed by atoms with Gasteiger partial charge in [0.05, 0.1) is 11.8 Å². The fourth-order valence-electron chi connectivity index (χ4n) is 3.77. The average molecular weight is 380 g/mol. The van der Waals surface area contributed by atoms with E-state index in [-0.39, 0.29) is 17.7 Å². The first-order valence-electron chi connectivity index (χ1n) is 9.56. The topological polar surface area (TPSA) is 60.9 Å². The molecule has 1 aromatic rings. The first-order valence-corrected chi connectivity index (χ1v) is 11.2. The number of rotatable bonds is 6. The van der Waals surface area contributed by atoms with Gasteiger partial charge < -0.3 is 4.90 Å². The van der Waals surface area contributed by atoms with Gasteiger partial charge in [-0.25, -0.2) is 12.7 Å². The Labute approximate surface area is 156 Å². The van der Waals surface area contributed by atoms with E-state index in [1.54, 1.807) is 4.31 Å². The van der Waals surface area contributed by atoms with Crippen molar-refractivity contribution < 1.29 is 13.2 Å². The van der Waals surface area contributed by atoms with Crippen LogP contribution in [0.25, 0.3) is 0 Å². The quantitative estimate of drug-likeness (QED) is 0.752. The Kier molecular flexibility index (Phi) is 6.32. The minimum atomic E-state index is -3.21. The Morgan fingerprint density at radius 3 is 2.50 bits per heavy atom. The number of amides is 1. The third-order valence-corrected chi connectivity index (χ3v) is 7.31. The first kappa shape index (κ1) is 19.3. The van der Waals surface area contributed by atoms with Crippen LogP contribution in [0.15, 0.2) is 30.3 Å². The lowest BCUT2D eigenvalue weighted by molar-refractivity contribution is -0.142. The summed E-state index contributed by atoms with van der Waals surface area (Å²) in [5, 5.41) is 0. The van der Waals surface area contributed by atoms with Gasteiger partial charge in [0, 0.05) is 39.3 Å². The van der Waals surface area contributed by atoms with E-state index in [0.717, 1.165) is 18.5 Å². The van der Waals surface area contributed by atoms with Crippen LogP contribution in [-0.4, -0.2) is 72.9 Å². The van der Waals surface area contributed by atoms with E-state index in [4.69, 9.17) is 0 Å². The highest BCUT2D eigenvalue weighted by Crippen LogP contribution is 2.21. The summed E-state index contributed by atoms with van der Waals surface area (Å²) in [7, 11) is -3.21. The molecule has 0 aromatic heterocycles. The van der Waals surface area contributed by atoms with Crippen LogP contribution in [0, 0.1) is 0 Å². The molecule has 144 valence electrons. The van der Waals surface area contributed by atoms with Gasteiger partial charge >= 0.3 is 0 Å². The molecule has 1 atom stereocenters. The van der Waals surface area contributed by atoms with E-state index >= 15 is 0 Å². The normalized spacial score (nSPS) is 22.9. The summed E-state index contributed by atoms with van der Waals surface area (Å²) in [5.74, 6) is 0.343. The van der Waals surface area contributed by atoms with Crippen molar-refractivity contribution in [2.75, 3.05) is 38.5 Å². The molecule has 2 aliphatic heterocycles. The Morgan fingerprint density at radius 1 is 1.04 bits per heavy atom. The number of hydrogen-bond acceptors (Lipinski definition) is 4. The van der Waals surface area contributed by atoms with Gasteiger partial charge in [0.15, 0.2) is 0 Å². The maximum absolute atomic E-state index is 13.0. The van der Waals surface area contributed by atoms with Crippen LogP contribution in [0.1, 0.15) is 31.7 Å². The zero-order chi connectivity index (χ0) is 18.6. The molecule has 2 heterocycles. The van der Waals surface area contributed by atoms with Crippen molar-refractivity contribution >= 4 is 15.9 Å². The van der Waals surface area contributed by atoms with Gasteiger partial charge in [-0.15, -0.1) is 0 Å². The SMILES string of the molecule is CCCCS(=O)(=O)N1CCC2C(=O)N(Cc3ccccc3)CCN2CC1. The van der Waals surface area contributed by atoms with Crippen molar-refractivity contribution in [3.8, 4) is 0 Å². The molecule has 0 saturated carbocycles. The van der Waals surface area contributed by atoms with Gasteiger partial charge in [-0.3, -0.25) is 9.69 Å². The van der Waals surface area contributed by atoms with Crippen LogP contribution in [0.4, 0.5) is 0 Å². The number of fused-ring (bicyclic) bond motifs is 1. The van der Waals surface area contributed by atoms with Crippen LogP contribution in [0.2, 0.25) is 0 Å². The van der Waals surface area contributed by atoms with E-state index < -0.39 is 10.0 Å². The van der Waals surface area contributed by atoms with Crippen LogP contribution in [0.3, 0.4) is 0 Å². The van der Waals surface area contributed by atoms with E-state index in [1.165, 1.54) is 0 Å². The number of carbonyl (C=O) groups excluding carboxylic acids is 1. The molecular formula is C19H29N3O3S. The summed E-state index contributed by atoms with van der Waals surface area (Å²) >= 11 is 0. The lowest BCUT2D eigenvalue weighted by Crippen LogP contribution is -2.56. The highest BCUT2D eigenvalue weighted by atomic mass is 32.2. The molecule has 0 aliphatic carbocycles. The summed E-state index contributed by atoms with van der Waals surface area (Å²) in [4.78, 5) is 17.0. The number of sulfonamides is 1. The first-order chi connectivity index (χ1) is 12.5. The number of nitrogens with zero attached hydrogens (tertiary/aromatic N) is 3. The standard InChI is InChI=1S/C19H29N3O3S/c1-2-3-15-26(24,25)22-10-9-18-19(23)21(12-11-20(18)13-14-22)16-17-7-5-4-6-8-17/h4-8,18H,2-3,9-16H2,1H3. The number of carbonyl (C=O) groups is 1. The number of hydrogen-bond donors (Lipinski definition) is 0. The summed E-state index contributed by atoms with van der Waals surface area (Å²) in [6.07, 6.45) is 2.14. The van der Waals surface area contributed by atoms with E-state index in [1.807, 2.05) is 42.2 Å². The van der Waals surface area contributed by atoms with Crippen LogP contribution >= 0.6 is 0 Å². The summed E-state index contributed by atoms with van der Waals surface area (Å²) in [6.45, 7) is 5.72. The molecule has 2 aliphatic rings. The monoisotopic (exact) mass is 379 g/mol. The number of unbranched alkanes of at least 4 members (excludes halogenated alkanes) is 1. The molecule has 0 spiro atoms. The minimum absolute atomic E-state index is 0.132. The molecule has 2 saturated heterocycles. The fraction of sp³-hybridized carbons (Fsp3) is 0.632. The molecule has 7 heteroatoms. The van der Waals surface area contributed by atoms with Crippen LogP contribution < -0.4 is 0 Å². The van der Waals surface area contributed by atoms with E-state index in [2.05, 4.69) is 4.90 Å². The lowest BCUT2D eigenvalue weighted by Gasteiger charge is -2.39. The van der Waals surface area contributed by atoms with E-state index in [9.17, 15) is 13.2 Å². The Hall–Kier alpha value is -1.44. The maximum Gasteiger partial charge on any atom is 0.240 e. The zero-order valence-electron chi connectivity index (χ0n) is 15.5. The Bertz CT molecular complexity index is 708. The maximum atomic E-state index is 13.0. The Balaban J connectivity index is 1.64. The lowest BCUT2D eigenvalue weighted by atomic mass is 10.1. The molecule has 0 N–H and O–H groups in total. The van der Waals surface area contributed by atoms with Crippen molar-refractivity contribution in [2.45, 2.75) is 38.8 Å². The molecule has 6 nitrogen and oxygen atoms in total. The molecular weight excluding hydrogens is 350 g/mol. The predicted octanol–water partition coefficient (Wildman–Crippen LogP) is 1.53. The van der Waals surface area contributed by atoms with Gasteiger partial charge in [-0.2, -0.15) is 0 Å². The summed E-state index contributed by atoms with van der Waals surface area (Å²) in [5.41, 5.74) is 1.13. The van der Waals surface area contributed by atoms with Crippen molar-refractivity contribution in [1.29, 1.82) is 0 Å². The molecule has 1 unspecified atom stereocenters. The fourth-order valence-corrected chi connectivity index (χ4v) is 5.42. The molecule has 2 fully saturated rings. The highest BCUT2D eigenvalue weighted by molar-refractivity contribution is 7.89. The third-order valence-electron chi connectivity index (χ3n) is 5.35. The molecule has 1 aromatic carbocycles. The molecule has 0 radical (unpaired) electrons. The second-order valence-electron chi connectivity index (χ2n) is 7.15. The molecule has 3 rings (SSSR count). The van der Waals surface area contributed by atoms with Gasteiger partial charge in [0.1, 0.15) is 0 Å². The minimum Gasteiger partial charge on any atom is -0.336 e. The highest BCUT2D eigenvalue weighted by Gasteiger charge is 2.38. The van der Waals surface area contributed by atoms with Gasteiger partial charge in [0.2, 0.25) is 15.9 Å². The third kappa shape index (κ3) is 4.45. The largest absolute Gasteiger partial charge is 0.336 e. The molecule has 0 bridgehead atoms. The second kappa shape index (κ2) is 8.50. The second-order valence-corrected chi connectivity index (χ2v) is 9.24. The number of benzene rings is 1. The van der Waals surface area contributed by atoms with Crippen molar-refractivity contribution in [1.82, 2.24) is 14.1 Å². The van der Waals surface area contributed by atoms with Gasteiger partial charge in [-0.05, 0) is 18.4 Å². The molecule has 1 amide bonds. The average Bonchev–Trinajstić information content (AvgIpc) is 2.87. The Morgan fingerprint density at radius 2 is 1.77 bits per heavy atom. The molecule has 26 heavy (non-hydrogen) atoms. The van der Waals surface area contributed by atoms with Crippen LogP contribution in [-0.2, 0) is 21.4 Å². The predicted molar refractivity (Wildman–Crippen MR) is 102 cm³/mol. The van der Waals surface area contributed by atoms with E-state index in [0.29, 0.717) is 45.6 Å².